The maximum Gasteiger partial charge on any atom is 0.304 e. The molecule has 0 atom stereocenters. The van der Waals surface area contributed by atoms with Gasteiger partial charge in [0.25, 0.3) is 0 Å². The molecular formula is C14H20N2O4. The quantitative estimate of drug-likeness (QED) is 0.652. The van der Waals surface area contributed by atoms with E-state index in [0.717, 1.165) is 11.3 Å². The van der Waals surface area contributed by atoms with Gasteiger partial charge in [0.15, 0.2) is 0 Å². The summed E-state index contributed by atoms with van der Waals surface area (Å²) in [4.78, 5) is 24.1. The van der Waals surface area contributed by atoms with Gasteiger partial charge in [-0.15, -0.1) is 0 Å². The van der Waals surface area contributed by atoms with E-state index in [1.54, 1.807) is 11.0 Å². The fourth-order valence-corrected chi connectivity index (χ4v) is 1.77. The summed E-state index contributed by atoms with van der Waals surface area (Å²) in [6.45, 7) is 2.34. The van der Waals surface area contributed by atoms with Gasteiger partial charge in [-0.05, 0) is 18.6 Å². The average molecular weight is 280 g/mol. The number of aryl methyl sites for hydroxylation is 1. The van der Waals surface area contributed by atoms with Crippen molar-refractivity contribution in [2.24, 2.45) is 0 Å². The van der Waals surface area contributed by atoms with Crippen LogP contribution in [0.1, 0.15) is 12.0 Å². The van der Waals surface area contributed by atoms with E-state index in [2.05, 4.69) is 5.32 Å². The van der Waals surface area contributed by atoms with Crippen LogP contribution in [0.2, 0.25) is 0 Å². The first-order valence-corrected chi connectivity index (χ1v) is 6.43. The Balaban J connectivity index is 2.53. The van der Waals surface area contributed by atoms with Gasteiger partial charge in [0.1, 0.15) is 0 Å². The molecule has 0 aromatic heterocycles. The molecule has 3 N–H and O–H groups in total. The molecule has 0 unspecified atom stereocenters. The number of carboxylic acid groups (broad SMARTS) is 1. The summed E-state index contributed by atoms with van der Waals surface area (Å²) >= 11 is 0. The Bertz CT molecular complexity index is 462. The predicted molar refractivity (Wildman–Crippen MR) is 75.6 cm³/mol. The molecule has 0 fully saturated rings. The van der Waals surface area contributed by atoms with E-state index in [9.17, 15) is 9.59 Å². The Morgan fingerprint density at radius 2 is 1.95 bits per heavy atom. The zero-order chi connectivity index (χ0) is 15.0. The number of hydrogen-bond donors (Lipinski definition) is 3. The molecule has 110 valence electrons. The second kappa shape index (κ2) is 8.29. The molecule has 1 aromatic rings. The second-order valence-corrected chi connectivity index (χ2v) is 4.51. The molecule has 0 saturated carbocycles. The number of amides is 1. The lowest BCUT2D eigenvalue weighted by atomic mass is 10.2. The van der Waals surface area contributed by atoms with E-state index in [0.29, 0.717) is 0 Å². The Morgan fingerprint density at radius 1 is 1.25 bits per heavy atom. The van der Waals surface area contributed by atoms with Gasteiger partial charge in [-0.25, -0.2) is 0 Å². The molecule has 0 heterocycles. The molecule has 20 heavy (non-hydrogen) atoms. The zero-order valence-electron chi connectivity index (χ0n) is 11.5. The highest BCUT2D eigenvalue weighted by Gasteiger charge is 2.12. The first-order valence-electron chi connectivity index (χ1n) is 6.43. The normalized spacial score (nSPS) is 10.6. The van der Waals surface area contributed by atoms with Crippen LogP contribution < -0.4 is 5.32 Å². The molecule has 1 amide bonds. The number of aliphatic hydroxyl groups excluding tert-OH is 1. The van der Waals surface area contributed by atoms with E-state index < -0.39 is 5.97 Å². The van der Waals surface area contributed by atoms with Gasteiger partial charge < -0.3 is 15.5 Å². The number of para-hydroxylation sites is 1. The van der Waals surface area contributed by atoms with Gasteiger partial charge >= 0.3 is 5.97 Å². The standard InChI is InChI=1S/C14H20N2O4/c1-11-4-2-3-5-12(11)15-13(18)10-16(8-9-17)7-6-14(19)20/h2-5,17H,6-10H2,1H3,(H,15,18)(H,19,20). The highest BCUT2D eigenvalue weighted by atomic mass is 16.4. The van der Waals surface area contributed by atoms with Gasteiger partial charge in [0.2, 0.25) is 5.91 Å². The fourth-order valence-electron chi connectivity index (χ4n) is 1.77. The van der Waals surface area contributed by atoms with E-state index in [-0.39, 0.29) is 38.6 Å². The van der Waals surface area contributed by atoms with Crippen LogP contribution in [0.15, 0.2) is 24.3 Å². The molecule has 6 nitrogen and oxygen atoms in total. The minimum Gasteiger partial charge on any atom is -0.481 e. The van der Waals surface area contributed by atoms with Crippen molar-refractivity contribution in [2.45, 2.75) is 13.3 Å². The van der Waals surface area contributed by atoms with Crippen molar-refractivity contribution >= 4 is 17.6 Å². The third-order valence-corrected chi connectivity index (χ3v) is 2.84. The number of aliphatic hydroxyl groups is 1. The van der Waals surface area contributed by atoms with Gasteiger partial charge in [-0.1, -0.05) is 18.2 Å². The fraction of sp³-hybridized carbons (Fsp3) is 0.429. The smallest absolute Gasteiger partial charge is 0.304 e. The van der Waals surface area contributed by atoms with Crippen molar-refractivity contribution in [2.75, 3.05) is 31.6 Å². The molecule has 0 saturated heterocycles. The first-order chi connectivity index (χ1) is 9.52. The molecule has 0 bridgehead atoms. The molecular weight excluding hydrogens is 260 g/mol. The van der Waals surface area contributed by atoms with Crippen molar-refractivity contribution in [3.8, 4) is 0 Å². The lowest BCUT2D eigenvalue weighted by Gasteiger charge is -2.20. The Morgan fingerprint density at radius 3 is 2.55 bits per heavy atom. The summed E-state index contributed by atoms with van der Waals surface area (Å²) in [5.41, 5.74) is 1.69. The third kappa shape index (κ3) is 5.81. The van der Waals surface area contributed by atoms with Crippen molar-refractivity contribution < 1.29 is 19.8 Å². The lowest BCUT2D eigenvalue weighted by Crippen LogP contribution is -2.36. The number of aliphatic carboxylic acids is 1. The number of nitrogens with one attached hydrogen (secondary N) is 1. The maximum atomic E-state index is 11.9. The van der Waals surface area contributed by atoms with Gasteiger partial charge in [-0.3, -0.25) is 14.5 Å². The number of rotatable bonds is 8. The maximum absolute atomic E-state index is 11.9. The van der Waals surface area contributed by atoms with Gasteiger partial charge in [0, 0.05) is 18.8 Å². The number of anilines is 1. The zero-order valence-corrected chi connectivity index (χ0v) is 11.5. The van der Waals surface area contributed by atoms with E-state index >= 15 is 0 Å². The van der Waals surface area contributed by atoms with Crippen LogP contribution in [0.5, 0.6) is 0 Å². The number of carbonyl (C=O) groups is 2. The molecule has 0 aliphatic carbocycles. The minimum absolute atomic E-state index is 0.0577. The van der Waals surface area contributed by atoms with Crippen molar-refractivity contribution in [3.05, 3.63) is 29.8 Å². The number of carbonyl (C=O) groups excluding carboxylic acids is 1. The van der Waals surface area contributed by atoms with Gasteiger partial charge in [-0.2, -0.15) is 0 Å². The molecule has 1 aromatic carbocycles. The summed E-state index contributed by atoms with van der Waals surface area (Å²) in [7, 11) is 0. The molecule has 0 aliphatic rings. The average Bonchev–Trinajstić information content (AvgIpc) is 2.39. The molecule has 6 heteroatoms. The second-order valence-electron chi connectivity index (χ2n) is 4.51. The van der Waals surface area contributed by atoms with E-state index in [1.165, 1.54) is 0 Å². The van der Waals surface area contributed by atoms with Crippen molar-refractivity contribution in [1.82, 2.24) is 4.90 Å². The molecule has 0 radical (unpaired) electrons. The van der Waals surface area contributed by atoms with Crippen LogP contribution in [0.3, 0.4) is 0 Å². The van der Waals surface area contributed by atoms with Crippen LogP contribution in [0.4, 0.5) is 5.69 Å². The molecule has 0 aliphatic heterocycles. The van der Waals surface area contributed by atoms with Gasteiger partial charge in [0.05, 0.1) is 19.6 Å². The van der Waals surface area contributed by atoms with E-state index in [4.69, 9.17) is 10.2 Å². The highest BCUT2D eigenvalue weighted by molar-refractivity contribution is 5.92. The Hall–Kier alpha value is -1.92. The van der Waals surface area contributed by atoms with Crippen LogP contribution in [0, 0.1) is 6.92 Å². The summed E-state index contributed by atoms with van der Waals surface area (Å²) in [6.07, 6.45) is -0.0579. The lowest BCUT2D eigenvalue weighted by molar-refractivity contribution is -0.137. The molecule has 1 rings (SSSR count). The number of benzene rings is 1. The third-order valence-electron chi connectivity index (χ3n) is 2.84. The Labute approximate surface area is 118 Å². The van der Waals surface area contributed by atoms with Crippen LogP contribution in [0.25, 0.3) is 0 Å². The Kier molecular flexibility index (Phi) is 6.69. The molecule has 0 spiro atoms. The van der Waals surface area contributed by atoms with Crippen LogP contribution in [-0.4, -0.2) is 53.2 Å². The first kappa shape index (κ1) is 16.1. The summed E-state index contributed by atoms with van der Waals surface area (Å²) < 4.78 is 0. The summed E-state index contributed by atoms with van der Waals surface area (Å²) in [5.74, 6) is -1.15. The van der Waals surface area contributed by atoms with E-state index in [1.807, 2.05) is 25.1 Å². The number of nitrogens with zero attached hydrogens (tertiary/aromatic N) is 1. The van der Waals surface area contributed by atoms with Crippen LogP contribution in [-0.2, 0) is 9.59 Å². The summed E-state index contributed by atoms with van der Waals surface area (Å²) in [6, 6.07) is 7.42. The highest BCUT2D eigenvalue weighted by Crippen LogP contribution is 2.12. The van der Waals surface area contributed by atoms with Crippen molar-refractivity contribution in [3.63, 3.8) is 0 Å². The summed E-state index contributed by atoms with van der Waals surface area (Å²) in [5, 5.41) is 20.4. The van der Waals surface area contributed by atoms with Crippen molar-refractivity contribution in [1.29, 1.82) is 0 Å². The predicted octanol–water partition coefficient (Wildman–Crippen LogP) is 0.703. The number of carboxylic acids is 1. The largest absolute Gasteiger partial charge is 0.481 e. The SMILES string of the molecule is Cc1ccccc1NC(=O)CN(CCO)CCC(=O)O. The van der Waals surface area contributed by atoms with Crippen LogP contribution >= 0.6 is 0 Å². The minimum atomic E-state index is -0.924. The topological polar surface area (TPSA) is 89.9 Å². The monoisotopic (exact) mass is 280 g/mol. The number of hydrogen-bond acceptors (Lipinski definition) is 4.